The molecule has 0 bridgehead atoms. The van der Waals surface area contributed by atoms with Crippen LogP contribution < -0.4 is 5.73 Å². The third-order valence-electron chi connectivity index (χ3n) is 3.47. The van der Waals surface area contributed by atoms with Gasteiger partial charge in [-0.15, -0.1) is 0 Å². The molecular weight excluding hydrogens is 228 g/mol. The Kier molecular flexibility index (Phi) is 2.45. The smallest absolute Gasteiger partial charge is 0.243 e. The molecule has 2 N–H and O–H groups in total. The van der Waals surface area contributed by atoms with Crippen molar-refractivity contribution >= 4 is 0 Å². The van der Waals surface area contributed by atoms with Crippen LogP contribution in [0.25, 0.3) is 11.4 Å². The molecule has 2 aromatic heterocycles. The lowest BCUT2D eigenvalue weighted by molar-refractivity contribution is 0.362. The fraction of sp³-hybridized carbons (Fsp3) is 0.462. The van der Waals surface area contributed by atoms with Gasteiger partial charge >= 0.3 is 0 Å². The van der Waals surface area contributed by atoms with Gasteiger partial charge in [-0.2, -0.15) is 4.98 Å². The quantitative estimate of drug-likeness (QED) is 0.895. The van der Waals surface area contributed by atoms with Crippen molar-refractivity contribution in [1.82, 2.24) is 15.1 Å². The molecule has 0 saturated heterocycles. The Morgan fingerprint density at radius 2 is 2.22 bits per heavy atom. The van der Waals surface area contributed by atoms with Crippen LogP contribution in [0.4, 0.5) is 0 Å². The molecule has 1 aliphatic carbocycles. The first-order chi connectivity index (χ1) is 8.58. The van der Waals surface area contributed by atoms with Crippen molar-refractivity contribution in [3.63, 3.8) is 0 Å². The number of nitrogens with zero attached hydrogens (tertiary/aromatic N) is 3. The van der Waals surface area contributed by atoms with Crippen molar-refractivity contribution in [3.8, 4) is 11.4 Å². The molecule has 5 nitrogen and oxygen atoms in total. The average Bonchev–Trinajstić information content (AvgIpc) is 2.95. The van der Waals surface area contributed by atoms with Gasteiger partial charge in [0, 0.05) is 22.9 Å². The Morgan fingerprint density at radius 3 is 2.83 bits per heavy atom. The average molecular weight is 244 g/mol. The minimum atomic E-state index is -0.242. The fourth-order valence-electron chi connectivity index (χ4n) is 1.88. The monoisotopic (exact) mass is 244 g/mol. The minimum absolute atomic E-state index is 0.240. The second-order valence-corrected chi connectivity index (χ2v) is 5.24. The first-order valence-corrected chi connectivity index (χ1v) is 6.15. The van der Waals surface area contributed by atoms with E-state index in [1.165, 1.54) is 12.8 Å². The van der Waals surface area contributed by atoms with Crippen molar-refractivity contribution in [3.05, 3.63) is 29.9 Å². The Labute approximate surface area is 105 Å². The summed E-state index contributed by atoms with van der Waals surface area (Å²) in [7, 11) is 0. The first-order valence-electron chi connectivity index (χ1n) is 6.15. The van der Waals surface area contributed by atoms with Crippen LogP contribution in [-0.4, -0.2) is 15.1 Å². The molecule has 5 heteroatoms. The third-order valence-corrected chi connectivity index (χ3v) is 3.47. The highest BCUT2D eigenvalue weighted by Gasteiger charge is 2.40. The van der Waals surface area contributed by atoms with Crippen LogP contribution in [0.15, 0.2) is 22.9 Å². The zero-order chi connectivity index (χ0) is 12.8. The number of hydrogen-bond donors (Lipinski definition) is 1. The predicted octanol–water partition coefficient (Wildman–Crippen LogP) is 2.20. The Hall–Kier alpha value is -1.75. The van der Waals surface area contributed by atoms with Gasteiger partial charge in [-0.25, -0.2) is 0 Å². The van der Waals surface area contributed by atoms with Gasteiger partial charge in [0.1, 0.15) is 0 Å². The zero-order valence-electron chi connectivity index (χ0n) is 10.6. The molecule has 1 aliphatic rings. The van der Waals surface area contributed by atoms with Gasteiger partial charge in [0.15, 0.2) is 0 Å². The Balaban J connectivity index is 1.95. The molecular formula is C13H16N4O. The second-order valence-electron chi connectivity index (χ2n) is 5.24. The zero-order valence-corrected chi connectivity index (χ0v) is 10.6. The molecule has 0 aliphatic heterocycles. The summed E-state index contributed by atoms with van der Waals surface area (Å²) in [6.45, 7) is 4.04. The van der Waals surface area contributed by atoms with Crippen molar-refractivity contribution in [2.24, 2.45) is 5.73 Å². The Morgan fingerprint density at radius 1 is 1.44 bits per heavy atom. The van der Waals surface area contributed by atoms with Gasteiger partial charge in [-0.05, 0) is 31.9 Å². The molecule has 2 heterocycles. The molecule has 0 radical (unpaired) electrons. The van der Waals surface area contributed by atoms with E-state index in [-0.39, 0.29) is 11.5 Å². The van der Waals surface area contributed by atoms with Crippen LogP contribution in [-0.2, 0) is 5.41 Å². The van der Waals surface area contributed by atoms with E-state index < -0.39 is 0 Å². The summed E-state index contributed by atoms with van der Waals surface area (Å²) < 4.78 is 5.12. The van der Waals surface area contributed by atoms with Crippen molar-refractivity contribution in [2.75, 3.05) is 0 Å². The summed E-state index contributed by atoms with van der Waals surface area (Å²) in [5.41, 5.74) is 7.98. The topological polar surface area (TPSA) is 77.8 Å². The predicted molar refractivity (Wildman–Crippen MR) is 66.7 cm³/mol. The lowest BCUT2D eigenvalue weighted by Crippen LogP contribution is -2.05. The molecule has 0 amide bonds. The van der Waals surface area contributed by atoms with Gasteiger partial charge in [0.05, 0.1) is 6.04 Å². The SMILES string of the molecule is CC(N)c1nc(-c2ccnc(C3(C)CC3)c2)no1. The molecule has 1 fully saturated rings. The molecule has 2 aromatic rings. The molecule has 3 rings (SSSR count). The molecule has 94 valence electrons. The largest absolute Gasteiger partial charge is 0.337 e. The number of rotatable bonds is 3. The summed E-state index contributed by atoms with van der Waals surface area (Å²) in [4.78, 5) is 8.72. The maximum Gasteiger partial charge on any atom is 0.243 e. The maximum absolute atomic E-state index is 5.71. The van der Waals surface area contributed by atoms with Gasteiger partial charge in [0.25, 0.3) is 0 Å². The maximum atomic E-state index is 5.71. The van der Waals surface area contributed by atoms with E-state index in [2.05, 4.69) is 22.0 Å². The van der Waals surface area contributed by atoms with E-state index in [1.807, 2.05) is 19.1 Å². The van der Waals surface area contributed by atoms with E-state index in [9.17, 15) is 0 Å². The van der Waals surface area contributed by atoms with E-state index in [0.29, 0.717) is 11.7 Å². The summed E-state index contributed by atoms with van der Waals surface area (Å²) in [6, 6.07) is 3.70. The highest BCUT2D eigenvalue weighted by molar-refractivity contribution is 5.55. The van der Waals surface area contributed by atoms with E-state index in [0.717, 1.165) is 11.3 Å². The number of aromatic nitrogens is 3. The van der Waals surface area contributed by atoms with Crippen LogP contribution in [0.1, 0.15) is 44.3 Å². The van der Waals surface area contributed by atoms with Crippen molar-refractivity contribution in [2.45, 2.75) is 38.1 Å². The number of hydrogen-bond acceptors (Lipinski definition) is 5. The molecule has 1 saturated carbocycles. The first kappa shape index (κ1) is 11.3. The second kappa shape index (κ2) is 3.88. The van der Waals surface area contributed by atoms with Crippen molar-refractivity contribution < 1.29 is 4.52 Å². The van der Waals surface area contributed by atoms with Crippen molar-refractivity contribution in [1.29, 1.82) is 0 Å². The molecule has 1 atom stereocenters. The van der Waals surface area contributed by atoms with Crippen LogP contribution in [0.3, 0.4) is 0 Å². The molecule has 1 unspecified atom stereocenters. The highest BCUT2D eigenvalue weighted by atomic mass is 16.5. The summed E-state index contributed by atoms with van der Waals surface area (Å²) in [6.07, 6.45) is 4.19. The van der Waals surface area contributed by atoms with Gasteiger partial charge in [0.2, 0.25) is 11.7 Å². The summed E-state index contributed by atoms with van der Waals surface area (Å²) in [5.74, 6) is 1.04. The van der Waals surface area contributed by atoms with E-state index >= 15 is 0 Å². The van der Waals surface area contributed by atoms with Crippen LogP contribution in [0.5, 0.6) is 0 Å². The lowest BCUT2D eigenvalue weighted by atomic mass is 10.0. The normalized spacial score (nSPS) is 18.6. The van der Waals surface area contributed by atoms with Gasteiger partial charge in [-0.1, -0.05) is 12.1 Å². The third kappa shape index (κ3) is 1.90. The molecule has 0 spiro atoms. The van der Waals surface area contributed by atoms with Gasteiger partial charge < -0.3 is 10.3 Å². The fourth-order valence-corrected chi connectivity index (χ4v) is 1.88. The highest BCUT2D eigenvalue weighted by Crippen LogP contribution is 2.47. The van der Waals surface area contributed by atoms with Crippen LogP contribution >= 0.6 is 0 Å². The summed E-state index contributed by atoms with van der Waals surface area (Å²) in [5, 5.41) is 3.96. The molecule has 0 aromatic carbocycles. The summed E-state index contributed by atoms with van der Waals surface area (Å²) >= 11 is 0. The standard InChI is InChI=1S/C13H16N4O/c1-8(14)12-16-11(17-18-12)9-3-6-15-10(7-9)13(2)4-5-13/h3,6-8H,4-5,14H2,1-2H3. The van der Waals surface area contributed by atoms with E-state index in [1.54, 1.807) is 6.20 Å². The van der Waals surface area contributed by atoms with Crippen LogP contribution in [0, 0.1) is 0 Å². The Bertz CT molecular complexity index is 572. The number of pyridine rings is 1. The molecule has 18 heavy (non-hydrogen) atoms. The lowest BCUT2D eigenvalue weighted by Gasteiger charge is -2.07. The van der Waals surface area contributed by atoms with Crippen LogP contribution in [0.2, 0.25) is 0 Å². The minimum Gasteiger partial charge on any atom is -0.337 e. The van der Waals surface area contributed by atoms with Gasteiger partial charge in [-0.3, -0.25) is 4.98 Å². The number of nitrogens with two attached hydrogens (primary N) is 1. The van der Waals surface area contributed by atoms with E-state index in [4.69, 9.17) is 10.3 Å².